The van der Waals surface area contributed by atoms with E-state index >= 15 is 0 Å². The van der Waals surface area contributed by atoms with Crippen LogP contribution in [-0.2, 0) is 23.8 Å². The van der Waals surface area contributed by atoms with Gasteiger partial charge in [-0.1, -0.05) is 73.8 Å². The molecule has 0 fully saturated rings. The van der Waals surface area contributed by atoms with E-state index in [1.165, 1.54) is 0 Å². The van der Waals surface area contributed by atoms with E-state index in [0.717, 1.165) is 12.2 Å². The molecule has 2 aromatic carbocycles. The molecule has 0 N–H and O–H groups in total. The van der Waals surface area contributed by atoms with Gasteiger partial charge in [-0.05, 0) is 0 Å². The Hall–Kier alpha value is -3.18. The van der Waals surface area contributed by atoms with Crippen LogP contribution in [-0.4, -0.2) is 11.9 Å². The number of esters is 2. The summed E-state index contributed by atoms with van der Waals surface area (Å²) in [7, 11) is 0. The SMILES string of the molecule is C=CC(=O)OC(OC(OC(=O)C=C)c1ccccc1)c1ccccc1. The highest BCUT2D eigenvalue weighted by Gasteiger charge is 2.25. The second kappa shape index (κ2) is 9.20. The van der Waals surface area contributed by atoms with Gasteiger partial charge in [-0.25, -0.2) is 9.59 Å². The fraction of sp³-hybridized carbons (Fsp3) is 0.100. The van der Waals surface area contributed by atoms with Gasteiger partial charge in [-0.15, -0.1) is 0 Å². The first-order valence-electron chi connectivity index (χ1n) is 7.55. The Morgan fingerprint density at radius 1 is 0.720 bits per heavy atom. The lowest BCUT2D eigenvalue weighted by Gasteiger charge is -2.24. The highest BCUT2D eigenvalue weighted by molar-refractivity contribution is 5.81. The summed E-state index contributed by atoms with van der Waals surface area (Å²) in [6.45, 7) is 6.76. The zero-order valence-electron chi connectivity index (χ0n) is 13.5. The predicted octanol–water partition coefficient (Wildman–Crippen LogP) is 3.86. The van der Waals surface area contributed by atoms with Gasteiger partial charge in [0.15, 0.2) is 0 Å². The molecule has 5 nitrogen and oxygen atoms in total. The first kappa shape index (κ1) is 18.2. The first-order chi connectivity index (χ1) is 12.1. The van der Waals surface area contributed by atoms with Crippen LogP contribution >= 0.6 is 0 Å². The molecule has 0 aliphatic carbocycles. The summed E-state index contributed by atoms with van der Waals surface area (Å²) < 4.78 is 16.3. The smallest absolute Gasteiger partial charge is 0.332 e. The summed E-state index contributed by atoms with van der Waals surface area (Å²) in [5.74, 6) is -1.31. The lowest BCUT2D eigenvalue weighted by Crippen LogP contribution is -2.19. The van der Waals surface area contributed by atoms with Gasteiger partial charge in [0, 0.05) is 23.3 Å². The Balaban J connectivity index is 2.30. The summed E-state index contributed by atoms with van der Waals surface area (Å²) in [5, 5.41) is 0. The van der Waals surface area contributed by atoms with Crippen molar-refractivity contribution in [2.24, 2.45) is 0 Å². The minimum atomic E-state index is -1.07. The van der Waals surface area contributed by atoms with Crippen LogP contribution in [0.15, 0.2) is 86.0 Å². The Morgan fingerprint density at radius 3 is 1.40 bits per heavy atom. The second-order valence-electron chi connectivity index (χ2n) is 4.90. The van der Waals surface area contributed by atoms with Crippen molar-refractivity contribution >= 4 is 11.9 Å². The van der Waals surface area contributed by atoms with Crippen LogP contribution < -0.4 is 0 Å². The van der Waals surface area contributed by atoms with E-state index in [1.807, 2.05) is 12.1 Å². The van der Waals surface area contributed by atoms with E-state index in [1.54, 1.807) is 48.5 Å². The third kappa shape index (κ3) is 5.44. The zero-order chi connectivity index (χ0) is 18.1. The van der Waals surface area contributed by atoms with Crippen molar-refractivity contribution in [2.75, 3.05) is 0 Å². The predicted molar refractivity (Wildman–Crippen MR) is 92.0 cm³/mol. The molecular weight excluding hydrogens is 320 g/mol. The topological polar surface area (TPSA) is 61.8 Å². The quantitative estimate of drug-likeness (QED) is 0.415. The van der Waals surface area contributed by atoms with Crippen molar-refractivity contribution in [3.05, 3.63) is 97.1 Å². The number of hydrogen-bond donors (Lipinski definition) is 0. The van der Waals surface area contributed by atoms with Crippen molar-refractivity contribution < 1.29 is 23.8 Å². The minimum absolute atomic E-state index is 0.591. The molecule has 0 heterocycles. The van der Waals surface area contributed by atoms with Gasteiger partial charge in [0.1, 0.15) is 0 Å². The Labute approximate surface area is 146 Å². The minimum Gasteiger partial charge on any atom is -0.428 e. The Kier molecular flexibility index (Phi) is 6.68. The van der Waals surface area contributed by atoms with Gasteiger partial charge < -0.3 is 9.47 Å². The third-order valence-corrected chi connectivity index (χ3v) is 3.17. The molecule has 128 valence electrons. The molecule has 0 aliphatic heterocycles. The number of hydrogen-bond acceptors (Lipinski definition) is 5. The largest absolute Gasteiger partial charge is 0.428 e. The lowest BCUT2D eigenvalue weighted by molar-refractivity contribution is -0.240. The van der Waals surface area contributed by atoms with E-state index in [2.05, 4.69) is 13.2 Å². The van der Waals surface area contributed by atoms with Crippen LogP contribution in [0.25, 0.3) is 0 Å². The highest BCUT2D eigenvalue weighted by atomic mass is 16.8. The summed E-state index contributed by atoms with van der Waals surface area (Å²) >= 11 is 0. The van der Waals surface area contributed by atoms with Gasteiger partial charge in [0.2, 0.25) is 12.6 Å². The summed E-state index contributed by atoms with van der Waals surface area (Å²) in [5.41, 5.74) is 1.18. The molecule has 0 spiro atoms. The van der Waals surface area contributed by atoms with E-state index in [0.29, 0.717) is 11.1 Å². The number of benzene rings is 2. The third-order valence-electron chi connectivity index (χ3n) is 3.17. The highest BCUT2D eigenvalue weighted by Crippen LogP contribution is 2.29. The zero-order valence-corrected chi connectivity index (χ0v) is 13.5. The second-order valence-corrected chi connectivity index (χ2v) is 4.90. The number of ether oxygens (including phenoxy) is 3. The van der Waals surface area contributed by atoms with Crippen molar-refractivity contribution in [3.8, 4) is 0 Å². The summed E-state index contributed by atoms with van der Waals surface area (Å²) in [4.78, 5) is 23.3. The fourth-order valence-electron chi connectivity index (χ4n) is 1.99. The molecule has 0 bridgehead atoms. The molecule has 2 atom stereocenters. The van der Waals surface area contributed by atoms with Gasteiger partial charge >= 0.3 is 11.9 Å². The number of carbonyl (C=O) groups is 2. The van der Waals surface area contributed by atoms with E-state index in [9.17, 15) is 9.59 Å². The normalized spacial score (nSPS) is 12.5. The van der Waals surface area contributed by atoms with Crippen molar-refractivity contribution in [3.63, 3.8) is 0 Å². The lowest BCUT2D eigenvalue weighted by atomic mass is 10.2. The van der Waals surface area contributed by atoms with Crippen LogP contribution in [0.5, 0.6) is 0 Å². The van der Waals surface area contributed by atoms with Crippen LogP contribution in [0, 0.1) is 0 Å². The molecular formula is C20H18O5. The molecule has 2 aromatic rings. The molecule has 2 unspecified atom stereocenters. The van der Waals surface area contributed by atoms with Crippen molar-refractivity contribution in [1.29, 1.82) is 0 Å². The average molecular weight is 338 g/mol. The van der Waals surface area contributed by atoms with Gasteiger partial charge in [-0.3, -0.25) is 4.74 Å². The van der Waals surface area contributed by atoms with Crippen LogP contribution in [0.2, 0.25) is 0 Å². The van der Waals surface area contributed by atoms with Gasteiger partial charge in [0.25, 0.3) is 0 Å². The van der Waals surface area contributed by atoms with Crippen molar-refractivity contribution in [1.82, 2.24) is 0 Å². The summed E-state index contributed by atoms with van der Waals surface area (Å²) in [6.07, 6.45) is -0.0804. The Bertz CT molecular complexity index is 661. The number of carbonyl (C=O) groups excluding carboxylic acids is 2. The van der Waals surface area contributed by atoms with Crippen LogP contribution in [0.3, 0.4) is 0 Å². The van der Waals surface area contributed by atoms with Crippen molar-refractivity contribution in [2.45, 2.75) is 12.6 Å². The standard InChI is InChI=1S/C20H18O5/c1-3-17(21)23-19(15-11-7-5-8-12-15)25-20(24-18(22)4-2)16-13-9-6-10-14-16/h3-14,19-20H,1-2H2. The van der Waals surface area contributed by atoms with E-state index in [-0.39, 0.29) is 0 Å². The monoisotopic (exact) mass is 338 g/mol. The maximum Gasteiger partial charge on any atom is 0.332 e. The molecule has 0 amide bonds. The fourth-order valence-corrected chi connectivity index (χ4v) is 1.99. The van der Waals surface area contributed by atoms with E-state index in [4.69, 9.17) is 14.2 Å². The maximum absolute atomic E-state index is 11.6. The molecule has 2 rings (SSSR count). The van der Waals surface area contributed by atoms with E-state index < -0.39 is 24.5 Å². The molecule has 25 heavy (non-hydrogen) atoms. The molecule has 0 saturated carbocycles. The van der Waals surface area contributed by atoms with Gasteiger partial charge in [-0.2, -0.15) is 0 Å². The average Bonchev–Trinajstić information content (AvgIpc) is 2.67. The molecule has 0 aromatic heterocycles. The molecule has 0 aliphatic rings. The van der Waals surface area contributed by atoms with Crippen LogP contribution in [0.4, 0.5) is 0 Å². The summed E-state index contributed by atoms with van der Waals surface area (Å²) in [6, 6.07) is 17.7. The Morgan fingerprint density at radius 2 is 1.08 bits per heavy atom. The van der Waals surface area contributed by atoms with Gasteiger partial charge in [0.05, 0.1) is 0 Å². The maximum atomic E-state index is 11.6. The number of rotatable bonds is 8. The first-order valence-corrected chi connectivity index (χ1v) is 7.55. The molecule has 5 heteroatoms. The molecule has 0 radical (unpaired) electrons. The molecule has 0 saturated heterocycles. The van der Waals surface area contributed by atoms with Crippen LogP contribution in [0.1, 0.15) is 23.7 Å².